The van der Waals surface area contributed by atoms with Crippen LogP contribution in [0.3, 0.4) is 0 Å². The van der Waals surface area contributed by atoms with Gasteiger partial charge >= 0.3 is 0 Å². The summed E-state index contributed by atoms with van der Waals surface area (Å²) in [7, 11) is 0. The molecule has 6 aromatic carbocycles. The molecule has 0 radical (unpaired) electrons. The predicted octanol–water partition coefficient (Wildman–Crippen LogP) is 9.29. The summed E-state index contributed by atoms with van der Waals surface area (Å²) in [6.45, 7) is 0. The molecule has 42 heavy (non-hydrogen) atoms. The first kappa shape index (κ1) is 23.8. The third kappa shape index (κ3) is 3.40. The summed E-state index contributed by atoms with van der Waals surface area (Å²) in [5.41, 5.74) is 8.74. The Morgan fingerprint density at radius 3 is 1.45 bits per heavy atom. The number of rotatable bonds is 3. The van der Waals surface area contributed by atoms with E-state index >= 15 is 0 Å². The molecule has 0 saturated heterocycles. The molecule has 2 heterocycles. The molecule has 0 fully saturated rings. The number of para-hydroxylation sites is 4. The van der Waals surface area contributed by atoms with Crippen molar-refractivity contribution in [2.45, 2.75) is 0 Å². The summed E-state index contributed by atoms with van der Waals surface area (Å²) in [5, 5.41) is 25.2. The molecule has 0 aliphatic rings. The molecule has 0 bridgehead atoms. The minimum Gasteiger partial charge on any atom is -0.309 e. The lowest BCUT2D eigenvalue weighted by molar-refractivity contribution is 1.16. The second kappa shape index (κ2) is 9.24. The Kier molecular flexibility index (Phi) is 5.22. The molecule has 4 heteroatoms. The van der Waals surface area contributed by atoms with Crippen molar-refractivity contribution in [3.05, 3.63) is 145 Å². The van der Waals surface area contributed by atoms with Gasteiger partial charge in [-0.05, 0) is 60.2 Å². The van der Waals surface area contributed by atoms with Crippen molar-refractivity contribution in [1.82, 2.24) is 9.13 Å². The van der Waals surface area contributed by atoms with E-state index in [2.05, 4.69) is 106 Å². The quantitative estimate of drug-likeness (QED) is 0.227. The number of hydrogen-bond acceptors (Lipinski definition) is 2. The summed E-state index contributed by atoms with van der Waals surface area (Å²) >= 11 is 0. The van der Waals surface area contributed by atoms with E-state index in [0.29, 0.717) is 11.1 Å². The number of nitriles is 2. The van der Waals surface area contributed by atoms with E-state index < -0.39 is 0 Å². The van der Waals surface area contributed by atoms with Gasteiger partial charge in [0.1, 0.15) is 0 Å². The maximum absolute atomic E-state index is 10.4. The molecule has 0 unspecified atom stereocenters. The van der Waals surface area contributed by atoms with Gasteiger partial charge < -0.3 is 9.13 Å². The van der Waals surface area contributed by atoms with Crippen molar-refractivity contribution in [3.63, 3.8) is 0 Å². The Bertz CT molecular complexity index is 2340. The van der Waals surface area contributed by atoms with Crippen molar-refractivity contribution in [3.8, 4) is 34.6 Å². The largest absolute Gasteiger partial charge is 0.309 e. The minimum absolute atomic E-state index is 0.533. The Balaban J connectivity index is 1.47. The van der Waals surface area contributed by atoms with Gasteiger partial charge in [0, 0.05) is 32.8 Å². The smallest absolute Gasteiger partial charge is 0.0998 e. The molecule has 0 saturated carbocycles. The van der Waals surface area contributed by atoms with Crippen LogP contribution in [0.1, 0.15) is 11.1 Å². The van der Waals surface area contributed by atoms with Crippen molar-refractivity contribution >= 4 is 43.6 Å². The van der Waals surface area contributed by atoms with E-state index in [1.54, 1.807) is 0 Å². The Morgan fingerprint density at radius 1 is 0.452 bits per heavy atom. The highest BCUT2D eigenvalue weighted by molar-refractivity contribution is 6.10. The third-order valence-electron chi connectivity index (χ3n) is 8.16. The zero-order chi connectivity index (χ0) is 28.2. The first-order valence-corrected chi connectivity index (χ1v) is 13.8. The van der Waals surface area contributed by atoms with Crippen molar-refractivity contribution in [2.75, 3.05) is 0 Å². The Hall–Kier alpha value is -6.10. The van der Waals surface area contributed by atoms with Gasteiger partial charge in [-0.25, -0.2) is 0 Å². The van der Waals surface area contributed by atoms with Gasteiger partial charge in [0.25, 0.3) is 0 Å². The molecular weight excluding hydrogens is 512 g/mol. The molecule has 0 N–H and O–H groups in total. The molecule has 0 atom stereocenters. The lowest BCUT2D eigenvalue weighted by Gasteiger charge is -2.17. The van der Waals surface area contributed by atoms with E-state index in [1.165, 1.54) is 0 Å². The maximum atomic E-state index is 10.4. The van der Waals surface area contributed by atoms with E-state index in [-0.39, 0.29) is 0 Å². The molecular formula is C38H22N4. The van der Waals surface area contributed by atoms with Gasteiger partial charge in [-0.3, -0.25) is 0 Å². The van der Waals surface area contributed by atoms with Crippen molar-refractivity contribution < 1.29 is 0 Å². The molecule has 0 aliphatic carbocycles. The first-order valence-electron chi connectivity index (χ1n) is 13.8. The SMILES string of the molecule is N#Cc1cc(-c2c(C#N)cccc2-n2c3ccccc3c3ccccc32)cc(-n2c3ccccc3c3ccccc32)c1. The molecule has 4 nitrogen and oxygen atoms in total. The second-order valence-electron chi connectivity index (χ2n) is 10.4. The van der Waals surface area contributed by atoms with Gasteiger partial charge in [0.15, 0.2) is 0 Å². The summed E-state index contributed by atoms with van der Waals surface area (Å²) < 4.78 is 4.45. The summed E-state index contributed by atoms with van der Waals surface area (Å²) in [4.78, 5) is 0. The van der Waals surface area contributed by atoms with Crippen LogP contribution in [0, 0.1) is 22.7 Å². The second-order valence-corrected chi connectivity index (χ2v) is 10.4. The van der Waals surface area contributed by atoms with Gasteiger partial charge in [-0.15, -0.1) is 0 Å². The summed E-state index contributed by atoms with van der Waals surface area (Å²) in [5.74, 6) is 0. The van der Waals surface area contributed by atoms with Crippen LogP contribution in [0.2, 0.25) is 0 Å². The van der Waals surface area contributed by atoms with Gasteiger partial charge in [0.2, 0.25) is 0 Å². The standard InChI is InChI=1S/C38H22N4/c39-23-25-20-27(22-28(21-25)41-33-15-5-1-11-29(33)30-12-2-6-16-34(30)41)38-26(24-40)10-9-19-37(38)42-35-17-7-3-13-31(35)32-14-4-8-18-36(32)42/h1-22H. The van der Waals surface area contributed by atoms with E-state index in [0.717, 1.165) is 66.1 Å². The van der Waals surface area contributed by atoms with Crippen LogP contribution in [-0.2, 0) is 0 Å². The monoisotopic (exact) mass is 534 g/mol. The number of benzene rings is 6. The molecule has 0 aliphatic heterocycles. The minimum atomic E-state index is 0.533. The van der Waals surface area contributed by atoms with Crippen LogP contribution in [-0.4, -0.2) is 9.13 Å². The molecule has 194 valence electrons. The predicted molar refractivity (Wildman–Crippen MR) is 170 cm³/mol. The highest BCUT2D eigenvalue weighted by atomic mass is 15.0. The third-order valence-corrected chi connectivity index (χ3v) is 8.16. The first-order chi connectivity index (χ1) is 20.8. The van der Waals surface area contributed by atoms with Crippen molar-refractivity contribution in [2.24, 2.45) is 0 Å². The zero-order valence-corrected chi connectivity index (χ0v) is 22.5. The molecule has 0 amide bonds. The fourth-order valence-corrected chi connectivity index (χ4v) is 6.45. The number of fused-ring (bicyclic) bond motifs is 6. The Labute approximate surface area is 242 Å². The molecule has 8 rings (SSSR count). The van der Waals surface area contributed by atoms with Gasteiger partial charge in [0.05, 0.1) is 51.0 Å². The number of hydrogen-bond donors (Lipinski definition) is 0. The molecule has 2 aromatic heterocycles. The van der Waals surface area contributed by atoms with Crippen LogP contribution in [0.25, 0.3) is 66.1 Å². The van der Waals surface area contributed by atoms with Crippen LogP contribution in [0.15, 0.2) is 133 Å². The number of nitrogens with zero attached hydrogens (tertiary/aromatic N) is 4. The molecule has 8 aromatic rings. The normalized spacial score (nSPS) is 11.3. The molecule has 0 spiro atoms. The average molecular weight is 535 g/mol. The fourth-order valence-electron chi connectivity index (χ4n) is 6.45. The fraction of sp³-hybridized carbons (Fsp3) is 0. The van der Waals surface area contributed by atoms with Gasteiger partial charge in [-0.2, -0.15) is 10.5 Å². The zero-order valence-electron chi connectivity index (χ0n) is 22.5. The van der Waals surface area contributed by atoms with Crippen LogP contribution >= 0.6 is 0 Å². The van der Waals surface area contributed by atoms with Crippen molar-refractivity contribution in [1.29, 1.82) is 10.5 Å². The van der Waals surface area contributed by atoms with Crippen LogP contribution in [0.4, 0.5) is 0 Å². The lowest BCUT2D eigenvalue weighted by Crippen LogP contribution is -2.01. The average Bonchev–Trinajstić information content (AvgIpc) is 3.57. The van der Waals surface area contributed by atoms with Gasteiger partial charge in [-0.1, -0.05) is 78.9 Å². The highest BCUT2D eigenvalue weighted by Crippen LogP contribution is 2.39. The van der Waals surface area contributed by atoms with E-state index in [9.17, 15) is 10.5 Å². The summed E-state index contributed by atoms with van der Waals surface area (Å²) in [6.07, 6.45) is 0. The Morgan fingerprint density at radius 2 is 0.952 bits per heavy atom. The maximum Gasteiger partial charge on any atom is 0.0998 e. The van der Waals surface area contributed by atoms with Crippen LogP contribution in [0.5, 0.6) is 0 Å². The van der Waals surface area contributed by atoms with Crippen LogP contribution < -0.4 is 0 Å². The highest BCUT2D eigenvalue weighted by Gasteiger charge is 2.20. The van der Waals surface area contributed by atoms with E-state index in [4.69, 9.17) is 0 Å². The number of aromatic nitrogens is 2. The summed E-state index contributed by atoms with van der Waals surface area (Å²) in [6, 6.07) is 50.0. The van der Waals surface area contributed by atoms with E-state index in [1.807, 2.05) is 48.5 Å². The lowest BCUT2D eigenvalue weighted by atomic mass is 9.95. The topological polar surface area (TPSA) is 57.4 Å².